The van der Waals surface area contributed by atoms with Crippen LogP contribution in [0.4, 0.5) is 5.13 Å². The van der Waals surface area contributed by atoms with Crippen LogP contribution in [0.2, 0.25) is 0 Å². The first-order valence-corrected chi connectivity index (χ1v) is 12.9. The Balaban J connectivity index is 1.75. The van der Waals surface area contributed by atoms with E-state index in [0.29, 0.717) is 40.6 Å². The van der Waals surface area contributed by atoms with Crippen molar-refractivity contribution in [2.75, 3.05) is 19.0 Å². The molecule has 1 aliphatic carbocycles. The molecular weight excluding hydrogens is 430 g/mol. The molecule has 31 heavy (non-hydrogen) atoms. The molecule has 1 heterocycles. The average Bonchev–Trinajstić information content (AvgIpc) is 3.11. The minimum absolute atomic E-state index is 0.0432. The highest BCUT2D eigenvalue weighted by Crippen LogP contribution is 2.36. The minimum Gasteiger partial charge on any atom is -0.495 e. The molecule has 1 aromatic carbocycles. The number of benzene rings is 1. The number of thiazole rings is 1. The Kier molecular flexibility index (Phi) is 8.63. The van der Waals surface area contributed by atoms with Gasteiger partial charge in [0.2, 0.25) is 5.91 Å². The Labute approximate surface area is 191 Å². The van der Waals surface area contributed by atoms with Gasteiger partial charge in [0.05, 0.1) is 22.6 Å². The minimum atomic E-state index is -1.37. The Hall–Kier alpha value is -1.77. The number of nitrogens with zero attached hydrogens (tertiary/aromatic N) is 1. The van der Waals surface area contributed by atoms with Gasteiger partial charge in [-0.3, -0.25) is 4.79 Å². The second-order valence-electron chi connectivity index (χ2n) is 8.57. The molecule has 170 valence electrons. The first-order valence-electron chi connectivity index (χ1n) is 11.0. The molecule has 1 amide bonds. The Bertz CT molecular complexity index is 921. The number of hydrogen-bond donors (Lipinski definition) is 2. The highest BCUT2D eigenvalue weighted by Gasteiger charge is 2.20. The third kappa shape index (κ3) is 6.60. The molecule has 3 rings (SSSR count). The number of nitrogens with one attached hydrogen (secondary N) is 2. The van der Waals surface area contributed by atoms with Gasteiger partial charge in [-0.1, -0.05) is 44.4 Å². The van der Waals surface area contributed by atoms with Gasteiger partial charge in [-0.15, -0.1) is 0 Å². The number of aromatic nitrogens is 1. The van der Waals surface area contributed by atoms with Crippen LogP contribution < -0.4 is 14.8 Å². The van der Waals surface area contributed by atoms with Crippen molar-refractivity contribution in [3.63, 3.8) is 0 Å². The van der Waals surface area contributed by atoms with Crippen LogP contribution in [0.5, 0.6) is 5.75 Å². The van der Waals surface area contributed by atoms with Crippen molar-refractivity contribution in [2.24, 2.45) is 11.8 Å². The van der Waals surface area contributed by atoms with Crippen molar-refractivity contribution < 1.29 is 13.7 Å². The maximum absolute atomic E-state index is 12.8. The second-order valence-corrected chi connectivity index (χ2v) is 10.8. The molecular formula is C23H33N3O3S2. The zero-order valence-corrected chi connectivity index (χ0v) is 20.5. The number of methoxy groups -OCH3 is 1. The number of anilines is 1. The molecule has 0 spiro atoms. The normalized spacial score (nSPS) is 15.8. The zero-order chi connectivity index (χ0) is 22.4. The van der Waals surface area contributed by atoms with E-state index in [1.165, 1.54) is 30.6 Å². The summed E-state index contributed by atoms with van der Waals surface area (Å²) >= 11 is 1.45. The van der Waals surface area contributed by atoms with Crippen molar-refractivity contribution >= 4 is 33.4 Å². The fourth-order valence-corrected chi connectivity index (χ4v) is 6.01. The number of aryl methyl sites for hydroxylation is 1. The third-order valence-electron chi connectivity index (χ3n) is 5.49. The van der Waals surface area contributed by atoms with Gasteiger partial charge >= 0.3 is 0 Å². The van der Waals surface area contributed by atoms with E-state index >= 15 is 0 Å². The molecule has 1 saturated carbocycles. The largest absolute Gasteiger partial charge is 0.495 e. The number of carbonyl (C=O) groups is 1. The van der Waals surface area contributed by atoms with E-state index in [0.717, 1.165) is 29.0 Å². The SMILES string of the molecule is COc1ccc(-c2sc(NC(=O)CC3CCCCC3)nc2C)cc1S(=O)NCC(C)C. The Morgan fingerprint density at radius 2 is 2.03 bits per heavy atom. The van der Waals surface area contributed by atoms with Gasteiger partial charge in [0.1, 0.15) is 16.7 Å². The fourth-order valence-electron chi connectivity index (χ4n) is 3.82. The standard InChI is InChI=1S/C23H33N3O3S2/c1-15(2)14-24-31(28)20-13-18(10-11-19(20)29-4)22-16(3)25-23(30-22)26-21(27)12-17-8-6-5-7-9-17/h10-11,13,15,17,24H,5-9,12,14H2,1-4H3,(H,25,26,27). The number of amides is 1. The Morgan fingerprint density at radius 1 is 1.29 bits per heavy atom. The van der Waals surface area contributed by atoms with Crippen LogP contribution in [0.1, 0.15) is 58.1 Å². The third-order valence-corrected chi connectivity index (χ3v) is 7.76. The van der Waals surface area contributed by atoms with Crippen molar-refractivity contribution in [2.45, 2.75) is 64.2 Å². The van der Waals surface area contributed by atoms with E-state index in [2.05, 4.69) is 28.9 Å². The quantitative estimate of drug-likeness (QED) is 0.528. The average molecular weight is 464 g/mol. The first-order chi connectivity index (χ1) is 14.9. The summed E-state index contributed by atoms with van der Waals surface area (Å²) in [6.45, 7) is 6.72. The van der Waals surface area contributed by atoms with Crippen molar-refractivity contribution in [1.29, 1.82) is 0 Å². The topological polar surface area (TPSA) is 80.3 Å². The van der Waals surface area contributed by atoms with Crippen LogP contribution >= 0.6 is 11.3 Å². The molecule has 0 radical (unpaired) electrons. The molecule has 1 aromatic heterocycles. The van der Waals surface area contributed by atoms with E-state index in [9.17, 15) is 9.00 Å². The summed E-state index contributed by atoms with van der Waals surface area (Å²) in [5.41, 5.74) is 1.76. The smallest absolute Gasteiger partial charge is 0.226 e. The van der Waals surface area contributed by atoms with Crippen LogP contribution in [-0.2, 0) is 15.8 Å². The number of ether oxygens (including phenoxy) is 1. The van der Waals surface area contributed by atoms with Gasteiger partial charge in [0.25, 0.3) is 0 Å². The molecule has 1 unspecified atom stereocenters. The lowest BCUT2D eigenvalue weighted by molar-refractivity contribution is -0.117. The van der Waals surface area contributed by atoms with Crippen molar-refractivity contribution in [3.8, 4) is 16.2 Å². The second kappa shape index (κ2) is 11.2. The van der Waals surface area contributed by atoms with Gasteiger partial charge in [0, 0.05) is 13.0 Å². The summed E-state index contributed by atoms with van der Waals surface area (Å²) in [6, 6.07) is 5.66. The van der Waals surface area contributed by atoms with Crippen LogP contribution in [0.25, 0.3) is 10.4 Å². The number of rotatable bonds is 9. The molecule has 0 bridgehead atoms. The fraction of sp³-hybridized carbons (Fsp3) is 0.565. The van der Waals surface area contributed by atoms with E-state index in [1.54, 1.807) is 7.11 Å². The highest BCUT2D eigenvalue weighted by molar-refractivity contribution is 7.83. The van der Waals surface area contributed by atoms with Crippen LogP contribution in [0.3, 0.4) is 0 Å². The maximum Gasteiger partial charge on any atom is 0.226 e. The lowest BCUT2D eigenvalue weighted by atomic mass is 9.87. The van der Waals surface area contributed by atoms with Gasteiger partial charge in [-0.05, 0) is 55.4 Å². The summed E-state index contributed by atoms with van der Waals surface area (Å²) in [6.07, 6.45) is 6.60. The molecule has 1 atom stereocenters. The van der Waals surface area contributed by atoms with Gasteiger partial charge in [-0.2, -0.15) is 0 Å². The maximum atomic E-state index is 12.8. The molecule has 0 aliphatic heterocycles. The van der Waals surface area contributed by atoms with Crippen LogP contribution in [0, 0.1) is 18.8 Å². The van der Waals surface area contributed by atoms with E-state index < -0.39 is 11.0 Å². The predicted molar refractivity (Wildman–Crippen MR) is 128 cm³/mol. The monoisotopic (exact) mass is 463 g/mol. The summed E-state index contributed by atoms with van der Waals surface area (Å²) in [5.74, 6) is 1.51. The van der Waals surface area contributed by atoms with E-state index in [1.807, 2.05) is 25.1 Å². The van der Waals surface area contributed by atoms with E-state index in [4.69, 9.17) is 4.74 Å². The number of carbonyl (C=O) groups excluding carboxylic acids is 1. The van der Waals surface area contributed by atoms with Crippen LogP contribution in [0.15, 0.2) is 23.1 Å². The van der Waals surface area contributed by atoms with Gasteiger partial charge in [0.15, 0.2) is 5.13 Å². The summed E-state index contributed by atoms with van der Waals surface area (Å²) < 4.78 is 21.3. The van der Waals surface area contributed by atoms with Crippen molar-refractivity contribution in [1.82, 2.24) is 9.71 Å². The molecule has 0 saturated heterocycles. The van der Waals surface area contributed by atoms with Gasteiger partial charge in [-0.25, -0.2) is 13.9 Å². The zero-order valence-electron chi connectivity index (χ0n) is 18.8. The summed E-state index contributed by atoms with van der Waals surface area (Å²) in [4.78, 5) is 18.6. The molecule has 6 nitrogen and oxygen atoms in total. The molecule has 8 heteroatoms. The first kappa shape index (κ1) is 23.9. The highest BCUT2D eigenvalue weighted by atomic mass is 32.2. The van der Waals surface area contributed by atoms with Gasteiger partial charge < -0.3 is 10.1 Å². The lowest BCUT2D eigenvalue weighted by Crippen LogP contribution is -2.22. The summed E-state index contributed by atoms with van der Waals surface area (Å²) in [7, 11) is 0.206. The van der Waals surface area contributed by atoms with Crippen LogP contribution in [-0.4, -0.2) is 28.8 Å². The Morgan fingerprint density at radius 3 is 2.71 bits per heavy atom. The molecule has 1 fully saturated rings. The lowest BCUT2D eigenvalue weighted by Gasteiger charge is -2.20. The molecule has 2 N–H and O–H groups in total. The molecule has 2 aromatic rings. The molecule has 1 aliphatic rings. The predicted octanol–water partition coefficient (Wildman–Crippen LogP) is 5.30. The van der Waals surface area contributed by atoms with Crippen molar-refractivity contribution in [3.05, 3.63) is 23.9 Å². The van der Waals surface area contributed by atoms with E-state index in [-0.39, 0.29) is 5.91 Å². The number of hydrogen-bond acceptors (Lipinski definition) is 5. The summed E-state index contributed by atoms with van der Waals surface area (Å²) in [5, 5.41) is 3.60.